The molecule has 1 amide bonds. The Morgan fingerprint density at radius 3 is 3.00 bits per heavy atom. The van der Waals surface area contributed by atoms with Crippen molar-refractivity contribution in [1.82, 2.24) is 15.3 Å². The van der Waals surface area contributed by atoms with Crippen LogP contribution in [0.3, 0.4) is 0 Å². The minimum atomic E-state index is -0.165. The number of carbonyl (C=O) groups is 1. The molecule has 0 radical (unpaired) electrons. The molecule has 6 heteroatoms. The fourth-order valence-electron chi connectivity index (χ4n) is 1.45. The summed E-state index contributed by atoms with van der Waals surface area (Å²) in [5.41, 5.74) is 6.84. The van der Waals surface area contributed by atoms with Gasteiger partial charge in [-0.05, 0) is 12.1 Å². The van der Waals surface area contributed by atoms with Crippen LogP contribution in [0.4, 0.5) is 0 Å². The molecule has 0 aliphatic heterocycles. The predicted molar refractivity (Wildman–Crippen MR) is 70.3 cm³/mol. The van der Waals surface area contributed by atoms with Gasteiger partial charge >= 0.3 is 0 Å². The summed E-state index contributed by atoms with van der Waals surface area (Å²) in [6.07, 6.45) is 2.45. The van der Waals surface area contributed by atoms with E-state index in [2.05, 4.69) is 15.3 Å². The molecule has 3 N–H and O–H groups in total. The first-order valence-corrected chi connectivity index (χ1v) is 6.50. The standard InChI is InChI=1S/C12H14N4OS/c13-7-11-16-10(8-18-11)12(17)15-6-4-9-3-1-2-5-14-9/h1-3,5,8H,4,6-7,13H2,(H,15,17). The minimum absolute atomic E-state index is 0.165. The van der Waals surface area contributed by atoms with Crippen molar-refractivity contribution in [2.24, 2.45) is 5.73 Å². The fourth-order valence-corrected chi connectivity index (χ4v) is 2.10. The molecule has 0 atom stereocenters. The summed E-state index contributed by atoms with van der Waals surface area (Å²) in [5, 5.41) is 5.30. The molecule has 0 fully saturated rings. The van der Waals surface area contributed by atoms with Crippen molar-refractivity contribution in [3.63, 3.8) is 0 Å². The van der Waals surface area contributed by atoms with Crippen molar-refractivity contribution >= 4 is 17.2 Å². The molecule has 5 nitrogen and oxygen atoms in total. The molecule has 18 heavy (non-hydrogen) atoms. The Kier molecular flexibility index (Phi) is 4.38. The Balaban J connectivity index is 1.81. The highest BCUT2D eigenvalue weighted by atomic mass is 32.1. The second-order valence-corrected chi connectivity index (χ2v) is 4.60. The lowest BCUT2D eigenvalue weighted by Gasteiger charge is -2.02. The van der Waals surface area contributed by atoms with Gasteiger partial charge in [-0.1, -0.05) is 6.07 Å². The van der Waals surface area contributed by atoms with Crippen LogP contribution in [-0.4, -0.2) is 22.4 Å². The molecule has 0 aromatic carbocycles. The molecule has 0 aliphatic rings. The number of rotatable bonds is 5. The molecule has 2 aromatic heterocycles. The highest BCUT2D eigenvalue weighted by Gasteiger charge is 2.09. The Labute approximate surface area is 109 Å². The minimum Gasteiger partial charge on any atom is -0.350 e. The van der Waals surface area contributed by atoms with Gasteiger partial charge in [0.05, 0.1) is 0 Å². The molecular formula is C12H14N4OS. The third-order valence-corrected chi connectivity index (χ3v) is 3.22. The zero-order chi connectivity index (χ0) is 12.8. The van der Waals surface area contributed by atoms with E-state index >= 15 is 0 Å². The summed E-state index contributed by atoms with van der Waals surface area (Å²) >= 11 is 1.40. The summed E-state index contributed by atoms with van der Waals surface area (Å²) in [6.45, 7) is 0.914. The molecule has 94 valence electrons. The van der Waals surface area contributed by atoms with E-state index in [9.17, 15) is 4.79 Å². The van der Waals surface area contributed by atoms with Gasteiger partial charge in [-0.25, -0.2) is 4.98 Å². The van der Waals surface area contributed by atoms with Crippen molar-refractivity contribution in [2.45, 2.75) is 13.0 Å². The molecular weight excluding hydrogens is 248 g/mol. The van der Waals surface area contributed by atoms with Crippen LogP contribution in [0.2, 0.25) is 0 Å². The largest absolute Gasteiger partial charge is 0.350 e. The quantitative estimate of drug-likeness (QED) is 0.841. The van der Waals surface area contributed by atoms with Crippen molar-refractivity contribution in [3.8, 4) is 0 Å². The van der Waals surface area contributed by atoms with Crippen LogP contribution in [0.15, 0.2) is 29.8 Å². The maximum absolute atomic E-state index is 11.7. The van der Waals surface area contributed by atoms with Crippen LogP contribution in [-0.2, 0) is 13.0 Å². The molecule has 0 saturated heterocycles. The summed E-state index contributed by atoms with van der Waals surface area (Å²) < 4.78 is 0. The lowest BCUT2D eigenvalue weighted by Crippen LogP contribution is -2.26. The van der Waals surface area contributed by atoms with E-state index < -0.39 is 0 Å². The van der Waals surface area contributed by atoms with Crippen molar-refractivity contribution in [1.29, 1.82) is 0 Å². The second-order valence-electron chi connectivity index (χ2n) is 3.66. The Morgan fingerprint density at radius 2 is 2.33 bits per heavy atom. The summed E-state index contributed by atoms with van der Waals surface area (Å²) in [5.74, 6) is -0.165. The van der Waals surface area contributed by atoms with Gasteiger partial charge in [-0.3, -0.25) is 9.78 Å². The predicted octanol–water partition coefficient (Wildman–Crippen LogP) is 0.969. The monoisotopic (exact) mass is 262 g/mol. The van der Waals surface area contributed by atoms with E-state index in [-0.39, 0.29) is 5.91 Å². The highest BCUT2D eigenvalue weighted by Crippen LogP contribution is 2.08. The molecule has 0 bridgehead atoms. The van der Waals surface area contributed by atoms with E-state index in [1.165, 1.54) is 11.3 Å². The lowest BCUT2D eigenvalue weighted by atomic mass is 10.2. The van der Waals surface area contributed by atoms with Gasteiger partial charge in [0.2, 0.25) is 0 Å². The molecule has 0 saturated carbocycles. The van der Waals surface area contributed by atoms with Gasteiger partial charge in [0.25, 0.3) is 5.91 Å². The maximum Gasteiger partial charge on any atom is 0.270 e. The number of aromatic nitrogens is 2. The Hall–Kier alpha value is -1.79. The maximum atomic E-state index is 11.7. The van der Waals surface area contributed by atoms with Crippen molar-refractivity contribution in [2.75, 3.05) is 6.54 Å². The van der Waals surface area contributed by atoms with Gasteiger partial charge in [-0.2, -0.15) is 0 Å². The normalized spacial score (nSPS) is 10.3. The van der Waals surface area contributed by atoms with E-state index in [0.717, 1.165) is 10.7 Å². The first kappa shape index (κ1) is 12.7. The molecule has 2 heterocycles. The summed E-state index contributed by atoms with van der Waals surface area (Å²) in [7, 11) is 0. The average Bonchev–Trinajstić information content (AvgIpc) is 2.89. The van der Waals surface area contributed by atoms with Crippen molar-refractivity contribution < 1.29 is 4.79 Å². The molecule has 2 aromatic rings. The first-order valence-electron chi connectivity index (χ1n) is 5.62. The third-order valence-electron chi connectivity index (χ3n) is 2.35. The Bertz CT molecular complexity index is 512. The van der Waals surface area contributed by atoms with Gasteiger partial charge in [-0.15, -0.1) is 11.3 Å². The van der Waals surface area contributed by atoms with Gasteiger partial charge < -0.3 is 11.1 Å². The average molecular weight is 262 g/mol. The number of hydrogen-bond donors (Lipinski definition) is 2. The van der Waals surface area contributed by atoms with Gasteiger partial charge in [0, 0.05) is 36.8 Å². The van der Waals surface area contributed by atoms with Crippen LogP contribution in [0.5, 0.6) is 0 Å². The number of nitrogens with two attached hydrogens (primary N) is 1. The number of hydrogen-bond acceptors (Lipinski definition) is 5. The first-order chi connectivity index (χ1) is 8.79. The van der Waals surface area contributed by atoms with Crippen molar-refractivity contribution in [3.05, 3.63) is 46.2 Å². The van der Waals surface area contributed by atoms with Gasteiger partial charge in [0.1, 0.15) is 10.7 Å². The number of carbonyl (C=O) groups excluding carboxylic acids is 1. The number of pyridine rings is 1. The third kappa shape index (κ3) is 3.35. The smallest absolute Gasteiger partial charge is 0.270 e. The summed E-state index contributed by atoms with van der Waals surface area (Å²) in [6, 6.07) is 5.73. The SMILES string of the molecule is NCc1nc(C(=O)NCCc2ccccn2)cs1. The molecule has 2 rings (SSSR count). The van der Waals surface area contributed by atoms with Crippen LogP contribution >= 0.6 is 11.3 Å². The number of amides is 1. The lowest BCUT2D eigenvalue weighted by molar-refractivity contribution is 0.0949. The van der Waals surface area contributed by atoms with Crippen LogP contribution in [0.1, 0.15) is 21.2 Å². The highest BCUT2D eigenvalue weighted by molar-refractivity contribution is 7.09. The second kappa shape index (κ2) is 6.23. The van der Waals surface area contributed by atoms with E-state index in [1.54, 1.807) is 11.6 Å². The van der Waals surface area contributed by atoms with E-state index in [4.69, 9.17) is 5.73 Å². The molecule has 0 spiro atoms. The van der Waals surface area contributed by atoms with Crippen LogP contribution < -0.4 is 11.1 Å². The number of nitrogens with one attached hydrogen (secondary N) is 1. The van der Waals surface area contributed by atoms with Gasteiger partial charge in [0.15, 0.2) is 0 Å². The number of thiazole rings is 1. The Morgan fingerprint density at radius 1 is 1.44 bits per heavy atom. The van der Waals surface area contributed by atoms with Crippen LogP contribution in [0, 0.1) is 0 Å². The van der Waals surface area contributed by atoms with E-state index in [0.29, 0.717) is 25.2 Å². The fraction of sp³-hybridized carbons (Fsp3) is 0.250. The molecule has 0 unspecified atom stereocenters. The zero-order valence-corrected chi connectivity index (χ0v) is 10.6. The van der Waals surface area contributed by atoms with E-state index in [1.807, 2.05) is 18.2 Å². The molecule has 0 aliphatic carbocycles. The topological polar surface area (TPSA) is 80.9 Å². The zero-order valence-electron chi connectivity index (χ0n) is 9.80. The summed E-state index contributed by atoms with van der Waals surface area (Å²) in [4.78, 5) is 20.0. The number of nitrogens with zero attached hydrogens (tertiary/aromatic N) is 2. The van der Waals surface area contributed by atoms with Crippen LogP contribution in [0.25, 0.3) is 0 Å².